The smallest absolute Gasteiger partial charge is 0.411 e. The van der Waals surface area contributed by atoms with E-state index in [0.29, 0.717) is 36.4 Å². The monoisotopic (exact) mass is 533 g/mol. The van der Waals surface area contributed by atoms with Crippen molar-refractivity contribution in [2.45, 2.75) is 71.0 Å². The lowest BCUT2D eigenvalue weighted by molar-refractivity contribution is -0.305. The van der Waals surface area contributed by atoms with Crippen LogP contribution in [0.2, 0.25) is 0 Å². The fraction of sp³-hybridized carbons (Fsp3) is 0.462. The van der Waals surface area contributed by atoms with Crippen molar-refractivity contribution in [3.05, 3.63) is 80.2 Å². The van der Waals surface area contributed by atoms with Gasteiger partial charge in [-0.05, 0) is 56.4 Å². The molecule has 0 radical (unpaired) electrons. The number of hydrogen-bond acceptors (Lipinski definition) is 6. The SMILES string of the molecule is CC/C=C(\C=C(/C)OC(F)(F)F)Cc1nc2c(c(=O)n(CCC3(O)CC3)c(=O)n2C)n1Cc1ccccn1. The highest BCUT2D eigenvalue weighted by atomic mass is 19.4. The summed E-state index contributed by atoms with van der Waals surface area (Å²) in [6, 6.07) is 5.34. The average Bonchev–Trinajstić information content (AvgIpc) is 3.47. The Morgan fingerprint density at radius 1 is 1.24 bits per heavy atom. The van der Waals surface area contributed by atoms with Crippen LogP contribution in [0.15, 0.2) is 57.5 Å². The van der Waals surface area contributed by atoms with Gasteiger partial charge in [0, 0.05) is 26.2 Å². The fourth-order valence-electron chi connectivity index (χ4n) is 4.39. The summed E-state index contributed by atoms with van der Waals surface area (Å²) >= 11 is 0. The maximum Gasteiger partial charge on any atom is 0.572 e. The Morgan fingerprint density at radius 2 is 1.97 bits per heavy atom. The first-order valence-electron chi connectivity index (χ1n) is 12.3. The Kier molecular flexibility index (Phi) is 7.63. The van der Waals surface area contributed by atoms with Gasteiger partial charge in [-0.3, -0.25) is 18.9 Å². The van der Waals surface area contributed by atoms with Gasteiger partial charge in [-0.25, -0.2) is 9.78 Å². The van der Waals surface area contributed by atoms with Crippen LogP contribution >= 0.6 is 0 Å². The predicted octanol–water partition coefficient (Wildman–Crippen LogP) is 3.57. The Hall–Kier alpha value is -3.67. The predicted molar refractivity (Wildman–Crippen MR) is 134 cm³/mol. The molecule has 38 heavy (non-hydrogen) atoms. The Morgan fingerprint density at radius 3 is 2.58 bits per heavy atom. The molecule has 0 atom stereocenters. The van der Waals surface area contributed by atoms with Crippen LogP contribution < -0.4 is 11.2 Å². The standard InChI is InChI=1S/C26H30F3N5O4/c1-4-7-18(14-17(2)38-26(27,28)29)15-20-31-22-21(34(20)16-19-8-5-6-12-30-19)23(35)33(24(36)32(22)3)13-11-25(37)9-10-25/h5-8,12,14,37H,4,9-11,13,15-16H2,1-3H3/b17-14+,18-7+. The van der Waals surface area contributed by atoms with Crippen LogP contribution in [0.5, 0.6) is 0 Å². The van der Waals surface area contributed by atoms with Crippen molar-refractivity contribution >= 4 is 11.2 Å². The zero-order valence-electron chi connectivity index (χ0n) is 21.5. The molecule has 0 unspecified atom stereocenters. The number of ether oxygens (including phenoxy) is 1. The van der Waals surface area contributed by atoms with E-state index in [0.717, 1.165) is 4.57 Å². The van der Waals surface area contributed by atoms with Crippen molar-refractivity contribution < 1.29 is 23.0 Å². The Bertz CT molecular complexity index is 1500. The van der Waals surface area contributed by atoms with Gasteiger partial charge in [0.1, 0.15) is 11.6 Å². The molecule has 1 fully saturated rings. The molecule has 0 amide bonds. The molecule has 1 N–H and O–H groups in total. The fourth-order valence-corrected chi connectivity index (χ4v) is 4.39. The molecule has 0 bridgehead atoms. The van der Waals surface area contributed by atoms with Crippen LogP contribution in [-0.2, 0) is 31.3 Å². The van der Waals surface area contributed by atoms with Gasteiger partial charge < -0.3 is 14.4 Å². The summed E-state index contributed by atoms with van der Waals surface area (Å²) in [5, 5.41) is 10.3. The molecule has 0 saturated heterocycles. The lowest BCUT2D eigenvalue weighted by atomic mass is 10.1. The first-order valence-corrected chi connectivity index (χ1v) is 12.3. The quantitative estimate of drug-likeness (QED) is 0.316. The second-order valence-corrected chi connectivity index (χ2v) is 9.55. The topological polar surface area (TPSA) is 104 Å². The molecule has 3 heterocycles. The third kappa shape index (κ3) is 6.24. The van der Waals surface area contributed by atoms with E-state index in [2.05, 4.69) is 14.7 Å². The summed E-state index contributed by atoms with van der Waals surface area (Å²) in [4.78, 5) is 35.6. The highest BCUT2D eigenvalue weighted by Crippen LogP contribution is 2.38. The second kappa shape index (κ2) is 10.6. The number of pyridine rings is 1. The van der Waals surface area contributed by atoms with Gasteiger partial charge in [-0.15, -0.1) is 13.2 Å². The zero-order valence-corrected chi connectivity index (χ0v) is 21.5. The number of rotatable bonds is 10. The highest BCUT2D eigenvalue weighted by Gasteiger charge is 2.40. The third-order valence-corrected chi connectivity index (χ3v) is 6.48. The van der Waals surface area contributed by atoms with Crippen LogP contribution in [0, 0.1) is 0 Å². The largest absolute Gasteiger partial charge is 0.572 e. The van der Waals surface area contributed by atoms with Crippen molar-refractivity contribution in [3.8, 4) is 0 Å². The second-order valence-electron chi connectivity index (χ2n) is 9.55. The lowest BCUT2D eigenvalue weighted by Crippen LogP contribution is -2.40. The van der Waals surface area contributed by atoms with E-state index in [-0.39, 0.29) is 42.9 Å². The summed E-state index contributed by atoms with van der Waals surface area (Å²) in [6.07, 6.45) is 1.99. The van der Waals surface area contributed by atoms with Gasteiger partial charge in [0.25, 0.3) is 5.56 Å². The number of aryl methyl sites for hydroxylation is 1. The molecule has 3 aromatic rings. The number of allylic oxidation sites excluding steroid dienone is 4. The average molecular weight is 534 g/mol. The number of fused-ring (bicyclic) bond motifs is 1. The number of aromatic nitrogens is 5. The normalized spacial score (nSPS) is 15.8. The van der Waals surface area contributed by atoms with Crippen LogP contribution in [0.4, 0.5) is 13.2 Å². The van der Waals surface area contributed by atoms with Crippen molar-refractivity contribution in [2.24, 2.45) is 7.05 Å². The molecule has 4 rings (SSSR count). The van der Waals surface area contributed by atoms with Crippen LogP contribution in [-0.4, -0.2) is 40.7 Å². The first-order chi connectivity index (χ1) is 17.9. The minimum atomic E-state index is -4.82. The molecule has 1 aliphatic rings. The maximum atomic E-state index is 13.6. The van der Waals surface area contributed by atoms with Gasteiger partial charge in [-0.2, -0.15) is 0 Å². The van der Waals surface area contributed by atoms with E-state index in [1.54, 1.807) is 35.0 Å². The molecule has 3 aromatic heterocycles. The van der Waals surface area contributed by atoms with Crippen molar-refractivity contribution in [2.75, 3.05) is 0 Å². The van der Waals surface area contributed by atoms with Gasteiger partial charge in [0.05, 0.1) is 17.8 Å². The molecule has 12 heteroatoms. The number of imidazole rings is 1. The Labute approximate surface area is 216 Å². The molecule has 0 aliphatic heterocycles. The van der Waals surface area contributed by atoms with Gasteiger partial charge in [0.2, 0.25) is 0 Å². The summed E-state index contributed by atoms with van der Waals surface area (Å²) in [7, 11) is 1.51. The number of aliphatic hydroxyl groups is 1. The van der Waals surface area contributed by atoms with Crippen LogP contribution in [0.1, 0.15) is 51.0 Å². The van der Waals surface area contributed by atoms with Crippen molar-refractivity contribution in [1.29, 1.82) is 0 Å². The Balaban J connectivity index is 1.84. The molecular formula is C26H30F3N5O4. The zero-order chi connectivity index (χ0) is 27.7. The lowest BCUT2D eigenvalue weighted by Gasteiger charge is -2.13. The van der Waals surface area contributed by atoms with Crippen LogP contribution in [0.25, 0.3) is 11.2 Å². The van der Waals surface area contributed by atoms with Gasteiger partial charge in [-0.1, -0.05) is 19.1 Å². The molecular weight excluding hydrogens is 503 g/mol. The maximum absolute atomic E-state index is 13.6. The minimum absolute atomic E-state index is 0.0553. The molecule has 1 aliphatic carbocycles. The molecule has 0 spiro atoms. The van der Waals surface area contributed by atoms with E-state index in [1.807, 2.05) is 6.92 Å². The third-order valence-electron chi connectivity index (χ3n) is 6.48. The summed E-state index contributed by atoms with van der Waals surface area (Å²) in [5.74, 6) is 0.0458. The molecule has 9 nitrogen and oxygen atoms in total. The molecule has 204 valence electrons. The van der Waals surface area contributed by atoms with Gasteiger partial charge in [0.15, 0.2) is 11.2 Å². The van der Waals surface area contributed by atoms with Crippen molar-refractivity contribution in [1.82, 2.24) is 23.7 Å². The van der Waals surface area contributed by atoms with E-state index >= 15 is 0 Å². The highest BCUT2D eigenvalue weighted by molar-refractivity contribution is 5.71. The number of halogens is 3. The number of nitrogens with zero attached hydrogens (tertiary/aromatic N) is 5. The van der Waals surface area contributed by atoms with Crippen LogP contribution in [0.3, 0.4) is 0 Å². The summed E-state index contributed by atoms with van der Waals surface area (Å²) in [5.41, 5.74) is -0.466. The number of alkyl halides is 3. The van der Waals surface area contributed by atoms with E-state index in [4.69, 9.17) is 0 Å². The van der Waals surface area contributed by atoms with E-state index in [9.17, 15) is 27.9 Å². The number of hydrogen-bond donors (Lipinski definition) is 1. The minimum Gasteiger partial charge on any atom is -0.411 e. The molecule has 0 aromatic carbocycles. The summed E-state index contributed by atoms with van der Waals surface area (Å²) in [6.45, 7) is 3.27. The van der Waals surface area contributed by atoms with Gasteiger partial charge >= 0.3 is 12.1 Å². The summed E-state index contributed by atoms with van der Waals surface area (Å²) < 4.78 is 46.3. The van der Waals surface area contributed by atoms with Crippen molar-refractivity contribution in [3.63, 3.8) is 0 Å². The molecule has 1 saturated carbocycles. The van der Waals surface area contributed by atoms with E-state index in [1.165, 1.54) is 24.6 Å². The van der Waals surface area contributed by atoms with E-state index < -0.39 is 23.2 Å². The first kappa shape index (κ1) is 27.4.